The van der Waals surface area contributed by atoms with Crippen LogP contribution in [0, 0.1) is 0 Å². The molecule has 2 atom stereocenters. The Labute approximate surface area is 146 Å². The number of hydrogen-bond donors (Lipinski definition) is 2. The van der Waals surface area contributed by atoms with E-state index in [4.69, 9.17) is 9.47 Å². The summed E-state index contributed by atoms with van der Waals surface area (Å²) in [4.78, 5) is 11.4. The summed E-state index contributed by atoms with van der Waals surface area (Å²) in [7, 11) is 0. The highest BCUT2D eigenvalue weighted by atomic mass is 35.5. The summed E-state index contributed by atoms with van der Waals surface area (Å²) in [5.74, 6) is 1.19. The Morgan fingerprint density at radius 1 is 1.17 bits per heavy atom. The van der Waals surface area contributed by atoms with Crippen LogP contribution in [0.25, 0.3) is 10.9 Å². The summed E-state index contributed by atoms with van der Waals surface area (Å²) < 4.78 is 11.2. The highest BCUT2D eigenvalue weighted by molar-refractivity contribution is 5.85. The molecule has 2 aliphatic heterocycles. The lowest BCUT2D eigenvalue weighted by Crippen LogP contribution is -2.44. The van der Waals surface area contributed by atoms with E-state index < -0.39 is 6.10 Å². The van der Waals surface area contributed by atoms with Gasteiger partial charge >= 0.3 is 0 Å². The van der Waals surface area contributed by atoms with E-state index in [0.717, 1.165) is 37.1 Å². The van der Waals surface area contributed by atoms with Crippen LogP contribution in [0.5, 0.6) is 5.88 Å². The van der Waals surface area contributed by atoms with Crippen molar-refractivity contribution in [3.63, 3.8) is 0 Å². The van der Waals surface area contributed by atoms with Crippen molar-refractivity contribution >= 4 is 29.3 Å². The number of aromatic nitrogens is 2. The largest absolute Gasteiger partial charge is 0.468 e. The fourth-order valence-electron chi connectivity index (χ4n) is 2.91. The highest BCUT2D eigenvalue weighted by Gasteiger charge is 2.29. The number of aliphatic hydroxyl groups is 1. The third-order valence-corrected chi connectivity index (χ3v) is 4.22. The molecular weight excluding hydrogens is 332 g/mol. The zero-order valence-corrected chi connectivity index (χ0v) is 14.0. The first-order chi connectivity index (χ1) is 11.3. The number of fused-ring (bicyclic) bond motifs is 1. The molecule has 0 saturated carbocycles. The summed E-state index contributed by atoms with van der Waals surface area (Å²) in [6.07, 6.45) is -1.00. The van der Waals surface area contributed by atoms with Gasteiger partial charge in [-0.2, -0.15) is 4.98 Å². The van der Waals surface area contributed by atoms with E-state index in [1.807, 2.05) is 24.3 Å². The molecule has 0 aliphatic carbocycles. The Hall–Kier alpha value is -1.67. The molecule has 130 valence electrons. The van der Waals surface area contributed by atoms with Gasteiger partial charge < -0.3 is 24.8 Å². The SMILES string of the molecule is Cl.O[C@@H]1COC[C@@H]1Oc1nc(N2CCNCC2)nc2ccccc12. The van der Waals surface area contributed by atoms with Gasteiger partial charge in [-0.05, 0) is 12.1 Å². The fourth-order valence-corrected chi connectivity index (χ4v) is 2.91. The summed E-state index contributed by atoms with van der Waals surface area (Å²) in [5.41, 5.74) is 0.847. The van der Waals surface area contributed by atoms with Crippen LogP contribution < -0.4 is 15.0 Å². The Bertz CT molecular complexity index is 696. The Balaban J connectivity index is 0.00000169. The maximum absolute atomic E-state index is 9.93. The van der Waals surface area contributed by atoms with Crippen molar-refractivity contribution in [1.29, 1.82) is 0 Å². The van der Waals surface area contributed by atoms with Crippen LogP contribution in [0.1, 0.15) is 0 Å². The lowest BCUT2D eigenvalue weighted by Gasteiger charge is -2.28. The van der Waals surface area contributed by atoms with Crippen LogP contribution in [0.4, 0.5) is 5.95 Å². The van der Waals surface area contributed by atoms with Gasteiger partial charge in [-0.25, -0.2) is 4.98 Å². The topological polar surface area (TPSA) is 79.7 Å². The van der Waals surface area contributed by atoms with Crippen LogP contribution in [0.15, 0.2) is 24.3 Å². The van der Waals surface area contributed by atoms with Crippen molar-refractivity contribution in [2.75, 3.05) is 44.3 Å². The number of halogens is 1. The normalized spacial score (nSPS) is 24.0. The summed E-state index contributed by atoms with van der Waals surface area (Å²) >= 11 is 0. The molecular formula is C16H21ClN4O3. The second-order valence-corrected chi connectivity index (χ2v) is 5.84. The standard InChI is InChI=1S/C16H20N4O3.ClH/c21-13-9-22-10-14(13)23-15-11-3-1-2-4-12(11)18-16(19-15)20-7-5-17-6-8-20;/h1-4,13-14,17,21H,5-10H2;1H/t13-,14+;/m1./s1. The van der Waals surface area contributed by atoms with Crippen molar-refractivity contribution in [3.8, 4) is 5.88 Å². The van der Waals surface area contributed by atoms with Gasteiger partial charge in [0.2, 0.25) is 11.8 Å². The number of ether oxygens (including phenoxy) is 2. The molecule has 2 N–H and O–H groups in total. The number of benzene rings is 1. The smallest absolute Gasteiger partial charge is 0.229 e. The van der Waals surface area contributed by atoms with Gasteiger partial charge in [0.15, 0.2) is 6.10 Å². The third-order valence-electron chi connectivity index (χ3n) is 4.22. The second-order valence-electron chi connectivity index (χ2n) is 5.84. The Kier molecular flexibility index (Phi) is 5.35. The van der Waals surface area contributed by atoms with Crippen molar-refractivity contribution in [1.82, 2.24) is 15.3 Å². The molecule has 0 unspecified atom stereocenters. The van der Waals surface area contributed by atoms with Gasteiger partial charge in [0.25, 0.3) is 0 Å². The first-order valence-electron chi connectivity index (χ1n) is 7.96. The summed E-state index contributed by atoms with van der Waals surface area (Å²) in [5, 5.41) is 14.1. The number of para-hydroxylation sites is 1. The predicted octanol–water partition coefficient (Wildman–Crippen LogP) is 0.600. The molecule has 1 aromatic carbocycles. The molecule has 0 amide bonds. The molecule has 2 fully saturated rings. The quantitative estimate of drug-likeness (QED) is 0.837. The average molecular weight is 353 g/mol. The number of hydrogen-bond acceptors (Lipinski definition) is 7. The second kappa shape index (κ2) is 7.48. The number of piperazine rings is 1. The predicted molar refractivity (Wildman–Crippen MR) is 93.1 cm³/mol. The van der Waals surface area contributed by atoms with Crippen molar-refractivity contribution in [2.24, 2.45) is 0 Å². The minimum absolute atomic E-state index is 0. The van der Waals surface area contributed by atoms with Crippen LogP contribution in [-0.2, 0) is 4.74 Å². The number of anilines is 1. The number of aliphatic hydroxyl groups excluding tert-OH is 1. The number of rotatable bonds is 3. The summed E-state index contributed by atoms with van der Waals surface area (Å²) in [6.45, 7) is 4.25. The molecule has 0 radical (unpaired) electrons. The number of nitrogens with zero attached hydrogens (tertiary/aromatic N) is 3. The van der Waals surface area contributed by atoms with Crippen LogP contribution in [0.3, 0.4) is 0 Å². The molecule has 0 spiro atoms. The van der Waals surface area contributed by atoms with Gasteiger partial charge in [-0.15, -0.1) is 12.4 Å². The van der Waals surface area contributed by atoms with E-state index >= 15 is 0 Å². The lowest BCUT2D eigenvalue weighted by atomic mass is 10.2. The van der Waals surface area contributed by atoms with Gasteiger partial charge in [0, 0.05) is 26.2 Å². The fraction of sp³-hybridized carbons (Fsp3) is 0.500. The number of nitrogens with one attached hydrogen (secondary N) is 1. The maximum Gasteiger partial charge on any atom is 0.229 e. The minimum atomic E-state index is -0.619. The molecule has 2 aliphatic rings. The molecule has 1 aromatic heterocycles. The van der Waals surface area contributed by atoms with E-state index in [9.17, 15) is 5.11 Å². The van der Waals surface area contributed by atoms with Gasteiger partial charge in [-0.3, -0.25) is 0 Å². The van der Waals surface area contributed by atoms with E-state index in [1.165, 1.54) is 0 Å². The van der Waals surface area contributed by atoms with E-state index in [-0.39, 0.29) is 18.5 Å². The highest BCUT2D eigenvalue weighted by Crippen LogP contribution is 2.27. The van der Waals surface area contributed by atoms with Gasteiger partial charge in [-0.1, -0.05) is 12.1 Å². The third kappa shape index (κ3) is 3.39. The van der Waals surface area contributed by atoms with E-state index in [2.05, 4.69) is 20.2 Å². The van der Waals surface area contributed by atoms with E-state index in [0.29, 0.717) is 25.0 Å². The Morgan fingerprint density at radius 2 is 1.96 bits per heavy atom. The van der Waals surface area contributed by atoms with Crippen molar-refractivity contribution in [2.45, 2.75) is 12.2 Å². The maximum atomic E-state index is 9.93. The first kappa shape index (κ1) is 17.2. The van der Waals surface area contributed by atoms with Gasteiger partial charge in [0.05, 0.1) is 24.1 Å². The minimum Gasteiger partial charge on any atom is -0.468 e. The zero-order chi connectivity index (χ0) is 15.6. The van der Waals surface area contributed by atoms with Crippen molar-refractivity contribution < 1.29 is 14.6 Å². The molecule has 2 saturated heterocycles. The molecule has 0 bridgehead atoms. The Morgan fingerprint density at radius 3 is 2.71 bits per heavy atom. The first-order valence-corrected chi connectivity index (χ1v) is 7.96. The summed E-state index contributed by atoms with van der Waals surface area (Å²) in [6, 6.07) is 7.78. The average Bonchev–Trinajstić information content (AvgIpc) is 3.00. The zero-order valence-electron chi connectivity index (χ0n) is 13.2. The van der Waals surface area contributed by atoms with Crippen LogP contribution >= 0.6 is 12.4 Å². The van der Waals surface area contributed by atoms with Crippen LogP contribution in [0.2, 0.25) is 0 Å². The molecule has 8 heteroatoms. The van der Waals surface area contributed by atoms with Crippen molar-refractivity contribution in [3.05, 3.63) is 24.3 Å². The molecule has 7 nitrogen and oxygen atoms in total. The lowest BCUT2D eigenvalue weighted by molar-refractivity contribution is 0.0715. The van der Waals surface area contributed by atoms with Gasteiger partial charge in [0.1, 0.15) is 6.10 Å². The molecule has 2 aromatic rings. The monoisotopic (exact) mass is 352 g/mol. The molecule has 3 heterocycles. The molecule has 24 heavy (non-hydrogen) atoms. The van der Waals surface area contributed by atoms with Crippen LogP contribution in [-0.4, -0.2) is 66.7 Å². The molecule has 4 rings (SSSR count). The van der Waals surface area contributed by atoms with E-state index in [1.54, 1.807) is 0 Å².